The summed E-state index contributed by atoms with van der Waals surface area (Å²) in [5.41, 5.74) is 0.915. The molecule has 0 unspecified atom stereocenters. The standard InChI is InChI=1S/C9H13ClN2/c1-2-3-4-9-11-6-5-8(7-10)12-9/h5-6H,2-4,7H2,1H3. The first kappa shape index (κ1) is 9.46. The average molecular weight is 185 g/mol. The third-order valence-electron chi connectivity index (χ3n) is 1.65. The molecule has 12 heavy (non-hydrogen) atoms. The van der Waals surface area contributed by atoms with Gasteiger partial charge in [-0.3, -0.25) is 0 Å². The van der Waals surface area contributed by atoms with Gasteiger partial charge in [-0.05, 0) is 12.5 Å². The van der Waals surface area contributed by atoms with Gasteiger partial charge in [-0.15, -0.1) is 11.6 Å². The smallest absolute Gasteiger partial charge is 0.128 e. The van der Waals surface area contributed by atoms with Crippen LogP contribution in [0.1, 0.15) is 31.3 Å². The number of rotatable bonds is 4. The second-order valence-corrected chi connectivity index (χ2v) is 2.97. The lowest BCUT2D eigenvalue weighted by Gasteiger charge is -1.99. The van der Waals surface area contributed by atoms with Crippen molar-refractivity contribution in [2.24, 2.45) is 0 Å². The quantitative estimate of drug-likeness (QED) is 0.673. The van der Waals surface area contributed by atoms with E-state index in [1.54, 1.807) is 6.20 Å². The normalized spacial score (nSPS) is 10.2. The highest BCUT2D eigenvalue weighted by molar-refractivity contribution is 6.16. The van der Waals surface area contributed by atoms with Crippen LogP contribution in [-0.4, -0.2) is 9.97 Å². The first-order valence-electron chi connectivity index (χ1n) is 4.23. The van der Waals surface area contributed by atoms with Crippen LogP contribution in [0.3, 0.4) is 0 Å². The fourth-order valence-corrected chi connectivity index (χ4v) is 1.12. The SMILES string of the molecule is CCCCc1nccc(CCl)n1. The summed E-state index contributed by atoms with van der Waals surface area (Å²) in [5, 5.41) is 0. The lowest BCUT2D eigenvalue weighted by atomic mass is 10.2. The molecule has 0 atom stereocenters. The fraction of sp³-hybridized carbons (Fsp3) is 0.556. The average Bonchev–Trinajstić information content (AvgIpc) is 2.15. The van der Waals surface area contributed by atoms with E-state index in [4.69, 9.17) is 11.6 Å². The van der Waals surface area contributed by atoms with Gasteiger partial charge in [-0.2, -0.15) is 0 Å². The second-order valence-electron chi connectivity index (χ2n) is 2.70. The molecule has 0 aliphatic carbocycles. The van der Waals surface area contributed by atoms with Crippen LogP contribution in [0.2, 0.25) is 0 Å². The Kier molecular flexibility index (Phi) is 4.01. The third kappa shape index (κ3) is 2.78. The lowest BCUT2D eigenvalue weighted by molar-refractivity contribution is 0.747. The zero-order chi connectivity index (χ0) is 8.81. The minimum absolute atomic E-state index is 0.474. The Hall–Kier alpha value is -0.630. The maximum Gasteiger partial charge on any atom is 0.128 e. The number of nitrogens with zero attached hydrogens (tertiary/aromatic N) is 2. The molecule has 1 rings (SSSR count). The van der Waals surface area contributed by atoms with Crippen molar-refractivity contribution < 1.29 is 0 Å². The Morgan fingerprint density at radius 3 is 3.00 bits per heavy atom. The van der Waals surface area contributed by atoms with E-state index < -0.39 is 0 Å². The minimum atomic E-state index is 0.474. The Bertz CT molecular complexity index is 238. The summed E-state index contributed by atoms with van der Waals surface area (Å²) >= 11 is 5.64. The van der Waals surface area contributed by atoms with Gasteiger partial charge < -0.3 is 0 Å². The van der Waals surface area contributed by atoms with Gasteiger partial charge in [0.05, 0.1) is 11.6 Å². The second kappa shape index (κ2) is 5.09. The van der Waals surface area contributed by atoms with Gasteiger partial charge in [0.15, 0.2) is 0 Å². The molecular weight excluding hydrogens is 172 g/mol. The van der Waals surface area contributed by atoms with Crippen LogP contribution < -0.4 is 0 Å². The van der Waals surface area contributed by atoms with Gasteiger partial charge in [0.1, 0.15) is 5.82 Å². The number of hydrogen-bond acceptors (Lipinski definition) is 2. The molecule has 0 saturated carbocycles. The Morgan fingerprint density at radius 1 is 1.50 bits per heavy atom. The number of halogens is 1. The highest BCUT2D eigenvalue weighted by Crippen LogP contribution is 2.02. The molecule has 0 N–H and O–H groups in total. The molecular formula is C9H13ClN2. The predicted molar refractivity (Wildman–Crippen MR) is 50.2 cm³/mol. The van der Waals surface area contributed by atoms with Gasteiger partial charge in [0.25, 0.3) is 0 Å². The lowest BCUT2D eigenvalue weighted by Crippen LogP contribution is -1.97. The molecule has 0 radical (unpaired) electrons. The first-order valence-corrected chi connectivity index (χ1v) is 4.77. The monoisotopic (exact) mass is 184 g/mol. The molecule has 0 amide bonds. The van der Waals surface area contributed by atoms with Crippen molar-refractivity contribution in [2.75, 3.05) is 0 Å². The fourth-order valence-electron chi connectivity index (χ4n) is 0.971. The van der Waals surface area contributed by atoms with E-state index in [1.165, 1.54) is 6.42 Å². The van der Waals surface area contributed by atoms with E-state index >= 15 is 0 Å². The van der Waals surface area contributed by atoms with E-state index in [-0.39, 0.29) is 0 Å². The van der Waals surface area contributed by atoms with Crippen LogP contribution in [0.25, 0.3) is 0 Å². The van der Waals surface area contributed by atoms with Crippen LogP contribution in [-0.2, 0) is 12.3 Å². The molecule has 1 aromatic heterocycles. The highest BCUT2D eigenvalue weighted by Gasteiger charge is 1.96. The molecule has 3 heteroatoms. The molecule has 0 fully saturated rings. The van der Waals surface area contributed by atoms with Crippen molar-refractivity contribution in [1.29, 1.82) is 0 Å². The van der Waals surface area contributed by atoms with Crippen molar-refractivity contribution in [3.8, 4) is 0 Å². The van der Waals surface area contributed by atoms with Crippen LogP contribution in [0.4, 0.5) is 0 Å². The van der Waals surface area contributed by atoms with E-state index in [0.717, 1.165) is 24.4 Å². The zero-order valence-corrected chi connectivity index (χ0v) is 8.01. The summed E-state index contributed by atoms with van der Waals surface area (Å²) in [4.78, 5) is 8.44. The van der Waals surface area contributed by atoms with E-state index in [0.29, 0.717) is 5.88 Å². The number of alkyl halides is 1. The van der Waals surface area contributed by atoms with Gasteiger partial charge in [0.2, 0.25) is 0 Å². The maximum atomic E-state index is 5.64. The first-order chi connectivity index (χ1) is 5.86. The van der Waals surface area contributed by atoms with Crippen molar-refractivity contribution in [2.45, 2.75) is 32.1 Å². The van der Waals surface area contributed by atoms with Crippen LogP contribution in [0.5, 0.6) is 0 Å². The largest absolute Gasteiger partial charge is 0.241 e. The molecule has 0 aliphatic rings. The Morgan fingerprint density at radius 2 is 2.33 bits per heavy atom. The number of aromatic nitrogens is 2. The van der Waals surface area contributed by atoms with E-state index in [2.05, 4.69) is 16.9 Å². The minimum Gasteiger partial charge on any atom is -0.241 e. The number of hydrogen-bond donors (Lipinski definition) is 0. The molecule has 0 spiro atoms. The van der Waals surface area contributed by atoms with Crippen molar-refractivity contribution >= 4 is 11.6 Å². The molecule has 0 saturated heterocycles. The summed E-state index contributed by atoms with van der Waals surface area (Å²) in [7, 11) is 0. The molecule has 1 aromatic rings. The summed E-state index contributed by atoms with van der Waals surface area (Å²) in [6.07, 6.45) is 5.05. The van der Waals surface area contributed by atoms with Crippen molar-refractivity contribution in [3.63, 3.8) is 0 Å². The summed E-state index contributed by atoms with van der Waals surface area (Å²) in [6, 6.07) is 1.85. The molecule has 0 aliphatic heterocycles. The van der Waals surface area contributed by atoms with Crippen LogP contribution in [0.15, 0.2) is 12.3 Å². The maximum absolute atomic E-state index is 5.64. The number of aryl methyl sites for hydroxylation is 1. The number of unbranched alkanes of at least 4 members (excludes halogenated alkanes) is 1. The van der Waals surface area contributed by atoms with Crippen molar-refractivity contribution in [1.82, 2.24) is 9.97 Å². The molecule has 66 valence electrons. The molecule has 2 nitrogen and oxygen atoms in total. The van der Waals surface area contributed by atoms with Gasteiger partial charge >= 0.3 is 0 Å². The predicted octanol–water partition coefficient (Wildman–Crippen LogP) is 2.56. The molecule has 1 heterocycles. The highest BCUT2D eigenvalue weighted by atomic mass is 35.5. The topological polar surface area (TPSA) is 25.8 Å². The Labute approximate surface area is 78.0 Å². The third-order valence-corrected chi connectivity index (χ3v) is 1.93. The Balaban J connectivity index is 2.60. The molecule has 0 bridgehead atoms. The van der Waals surface area contributed by atoms with Gasteiger partial charge in [-0.25, -0.2) is 9.97 Å². The van der Waals surface area contributed by atoms with Crippen molar-refractivity contribution in [3.05, 3.63) is 23.8 Å². The van der Waals surface area contributed by atoms with E-state index in [9.17, 15) is 0 Å². The molecule has 0 aromatic carbocycles. The van der Waals surface area contributed by atoms with Crippen LogP contribution >= 0.6 is 11.6 Å². The van der Waals surface area contributed by atoms with Gasteiger partial charge in [-0.1, -0.05) is 13.3 Å². The van der Waals surface area contributed by atoms with Crippen LogP contribution in [0, 0.1) is 0 Å². The zero-order valence-electron chi connectivity index (χ0n) is 7.26. The summed E-state index contributed by atoms with van der Waals surface area (Å²) in [5.74, 6) is 1.39. The van der Waals surface area contributed by atoms with E-state index in [1.807, 2.05) is 6.07 Å². The van der Waals surface area contributed by atoms with Gasteiger partial charge in [0, 0.05) is 12.6 Å². The summed E-state index contributed by atoms with van der Waals surface area (Å²) < 4.78 is 0. The summed E-state index contributed by atoms with van der Waals surface area (Å²) in [6.45, 7) is 2.16.